The molecule has 0 bridgehead atoms. The molecule has 4 nitrogen and oxygen atoms in total. The van der Waals surface area contributed by atoms with Gasteiger partial charge in [0.25, 0.3) is 0 Å². The second-order valence-corrected chi connectivity index (χ2v) is 5.86. The standard InChI is InChI=1S/C12H22N4/c1-9(12(2,3)4)8-16-11-5-6-13-7-10(11)14-15-16/h9,13H,5-8H2,1-4H3. The van der Waals surface area contributed by atoms with Crippen LogP contribution in [0.1, 0.15) is 39.1 Å². The molecule has 0 radical (unpaired) electrons. The van der Waals surface area contributed by atoms with E-state index in [0.29, 0.717) is 11.3 Å². The van der Waals surface area contributed by atoms with E-state index in [1.807, 2.05) is 0 Å². The normalized spacial score (nSPS) is 18.2. The highest BCUT2D eigenvalue weighted by molar-refractivity contribution is 5.13. The molecule has 1 atom stereocenters. The summed E-state index contributed by atoms with van der Waals surface area (Å²) in [5.74, 6) is 0.605. The number of aromatic nitrogens is 3. The topological polar surface area (TPSA) is 42.7 Å². The predicted molar refractivity (Wildman–Crippen MR) is 64.1 cm³/mol. The van der Waals surface area contributed by atoms with Gasteiger partial charge < -0.3 is 5.32 Å². The molecule has 2 rings (SSSR count). The van der Waals surface area contributed by atoms with Crippen LogP contribution < -0.4 is 5.32 Å². The number of hydrogen-bond acceptors (Lipinski definition) is 3. The van der Waals surface area contributed by atoms with Gasteiger partial charge in [-0.2, -0.15) is 0 Å². The van der Waals surface area contributed by atoms with E-state index in [2.05, 4.69) is 48.0 Å². The van der Waals surface area contributed by atoms with Crippen molar-refractivity contribution >= 4 is 0 Å². The summed E-state index contributed by atoms with van der Waals surface area (Å²) in [6.45, 7) is 12.0. The van der Waals surface area contributed by atoms with Gasteiger partial charge in [0.15, 0.2) is 0 Å². The lowest BCUT2D eigenvalue weighted by Crippen LogP contribution is -2.28. The molecule has 1 aromatic rings. The number of rotatable bonds is 2. The average Bonchev–Trinajstić information content (AvgIpc) is 2.61. The fourth-order valence-corrected chi connectivity index (χ4v) is 1.87. The quantitative estimate of drug-likeness (QED) is 0.826. The van der Waals surface area contributed by atoms with Crippen LogP contribution in [0.3, 0.4) is 0 Å². The Balaban J connectivity index is 2.13. The molecule has 16 heavy (non-hydrogen) atoms. The number of fused-ring (bicyclic) bond motifs is 1. The van der Waals surface area contributed by atoms with Crippen LogP contribution in [0.5, 0.6) is 0 Å². The Bertz CT molecular complexity index is 362. The Hall–Kier alpha value is -0.900. The smallest absolute Gasteiger partial charge is 0.0997 e. The fourth-order valence-electron chi connectivity index (χ4n) is 1.87. The molecule has 0 aliphatic carbocycles. The molecule has 0 aromatic carbocycles. The van der Waals surface area contributed by atoms with Gasteiger partial charge in [-0.05, 0) is 11.3 Å². The molecule has 1 aromatic heterocycles. The van der Waals surface area contributed by atoms with Crippen LogP contribution in [-0.2, 0) is 19.5 Å². The van der Waals surface area contributed by atoms with Gasteiger partial charge in [0.2, 0.25) is 0 Å². The summed E-state index contributed by atoms with van der Waals surface area (Å²) in [6.07, 6.45) is 1.05. The molecule has 0 fully saturated rings. The first-order chi connectivity index (χ1) is 7.48. The highest BCUT2D eigenvalue weighted by Gasteiger charge is 2.23. The van der Waals surface area contributed by atoms with Crippen molar-refractivity contribution in [3.8, 4) is 0 Å². The molecule has 4 heteroatoms. The van der Waals surface area contributed by atoms with E-state index < -0.39 is 0 Å². The number of nitrogens with zero attached hydrogens (tertiary/aromatic N) is 3. The van der Waals surface area contributed by atoms with Gasteiger partial charge in [0, 0.05) is 26.1 Å². The summed E-state index contributed by atoms with van der Waals surface area (Å²) >= 11 is 0. The van der Waals surface area contributed by atoms with Crippen molar-refractivity contribution in [1.82, 2.24) is 20.3 Å². The van der Waals surface area contributed by atoms with Gasteiger partial charge in [-0.15, -0.1) is 5.10 Å². The Morgan fingerprint density at radius 3 is 2.88 bits per heavy atom. The van der Waals surface area contributed by atoms with Crippen LogP contribution in [0.15, 0.2) is 0 Å². The molecule has 0 amide bonds. The first-order valence-corrected chi connectivity index (χ1v) is 6.10. The monoisotopic (exact) mass is 222 g/mol. The van der Waals surface area contributed by atoms with Crippen molar-refractivity contribution in [2.45, 2.75) is 47.2 Å². The molecule has 1 aliphatic heterocycles. The summed E-state index contributed by atoms with van der Waals surface area (Å²) in [7, 11) is 0. The van der Waals surface area contributed by atoms with Crippen molar-refractivity contribution in [3.63, 3.8) is 0 Å². The van der Waals surface area contributed by atoms with Gasteiger partial charge in [-0.25, -0.2) is 4.68 Å². The molecule has 0 spiro atoms. The maximum absolute atomic E-state index is 4.28. The maximum Gasteiger partial charge on any atom is 0.0997 e. The van der Waals surface area contributed by atoms with Crippen LogP contribution in [-0.4, -0.2) is 21.5 Å². The molecule has 0 saturated carbocycles. The lowest BCUT2D eigenvalue weighted by molar-refractivity contribution is 0.222. The molecule has 1 aliphatic rings. The van der Waals surface area contributed by atoms with E-state index in [-0.39, 0.29) is 0 Å². The van der Waals surface area contributed by atoms with Crippen LogP contribution in [0, 0.1) is 11.3 Å². The summed E-state index contributed by atoms with van der Waals surface area (Å²) in [6, 6.07) is 0. The Morgan fingerprint density at radius 1 is 1.44 bits per heavy atom. The van der Waals surface area contributed by atoms with Gasteiger partial charge in [-0.3, -0.25) is 0 Å². The summed E-state index contributed by atoms with van der Waals surface area (Å²) in [5, 5.41) is 11.8. The number of nitrogens with one attached hydrogen (secondary N) is 1. The van der Waals surface area contributed by atoms with Crippen LogP contribution in [0.2, 0.25) is 0 Å². The summed E-state index contributed by atoms with van der Waals surface area (Å²) in [5.41, 5.74) is 2.79. The first kappa shape index (κ1) is 11.6. The van der Waals surface area contributed by atoms with Crippen molar-refractivity contribution in [1.29, 1.82) is 0 Å². The molecule has 90 valence electrons. The van der Waals surface area contributed by atoms with E-state index in [1.54, 1.807) is 0 Å². The zero-order valence-electron chi connectivity index (χ0n) is 10.7. The lowest BCUT2D eigenvalue weighted by atomic mass is 9.82. The highest BCUT2D eigenvalue weighted by atomic mass is 15.4. The largest absolute Gasteiger partial charge is 0.311 e. The highest BCUT2D eigenvalue weighted by Crippen LogP contribution is 2.27. The second-order valence-electron chi connectivity index (χ2n) is 5.86. The minimum absolute atomic E-state index is 0.325. The van der Waals surface area contributed by atoms with Crippen LogP contribution in [0.4, 0.5) is 0 Å². The van der Waals surface area contributed by atoms with Crippen molar-refractivity contribution in [2.75, 3.05) is 6.54 Å². The van der Waals surface area contributed by atoms with Crippen molar-refractivity contribution in [3.05, 3.63) is 11.4 Å². The molecule has 1 unspecified atom stereocenters. The van der Waals surface area contributed by atoms with E-state index in [0.717, 1.165) is 31.7 Å². The van der Waals surface area contributed by atoms with Gasteiger partial charge in [0.1, 0.15) is 0 Å². The Kier molecular flexibility index (Phi) is 3.02. The summed E-state index contributed by atoms with van der Waals surface area (Å²) in [4.78, 5) is 0. The third kappa shape index (κ3) is 2.26. The van der Waals surface area contributed by atoms with E-state index in [4.69, 9.17) is 0 Å². The molecule has 0 saturated heterocycles. The molecule has 1 N–H and O–H groups in total. The Morgan fingerprint density at radius 2 is 2.19 bits per heavy atom. The van der Waals surface area contributed by atoms with E-state index >= 15 is 0 Å². The van der Waals surface area contributed by atoms with E-state index in [1.165, 1.54) is 5.69 Å². The molecule has 2 heterocycles. The first-order valence-electron chi connectivity index (χ1n) is 6.10. The van der Waals surface area contributed by atoms with Gasteiger partial charge >= 0.3 is 0 Å². The summed E-state index contributed by atoms with van der Waals surface area (Å²) < 4.78 is 2.10. The van der Waals surface area contributed by atoms with Gasteiger partial charge in [-0.1, -0.05) is 32.9 Å². The molecular formula is C12H22N4. The number of hydrogen-bond donors (Lipinski definition) is 1. The minimum atomic E-state index is 0.325. The third-order valence-corrected chi connectivity index (χ3v) is 3.67. The fraction of sp³-hybridized carbons (Fsp3) is 0.833. The predicted octanol–water partition coefficient (Wildman–Crippen LogP) is 1.61. The average molecular weight is 222 g/mol. The van der Waals surface area contributed by atoms with Crippen molar-refractivity contribution < 1.29 is 0 Å². The third-order valence-electron chi connectivity index (χ3n) is 3.67. The Labute approximate surface area is 97.4 Å². The minimum Gasteiger partial charge on any atom is -0.311 e. The zero-order chi connectivity index (χ0) is 11.8. The second kappa shape index (κ2) is 4.17. The molecular weight excluding hydrogens is 200 g/mol. The van der Waals surface area contributed by atoms with E-state index in [9.17, 15) is 0 Å². The van der Waals surface area contributed by atoms with Crippen LogP contribution in [0.25, 0.3) is 0 Å². The zero-order valence-corrected chi connectivity index (χ0v) is 10.7. The van der Waals surface area contributed by atoms with Crippen LogP contribution >= 0.6 is 0 Å². The van der Waals surface area contributed by atoms with Gasteiger partial charge in [0.05, 0.1) is 11.4 Å². The SMILES string of the molecule is CC(Cn1nnc2c1CCNC2)C(C)(C)C. The van der Waals surface area contributed by atoms with Crippen molar-refractivity contribution in [2.24, 2.45) is 11.3 Å². The lowest BCUT2D eigenvalue weighted by Gasteiger charge is -2.27. The maximum atomic E-state index is 4.28.